The number of sulfone groups is 1. The Morgan fingerprint density at radius 2 is 1.58 bits per heavy atom. The summed E-state index contributed by atoms with van der Waals surface area (Å²) in [6.45, 7) is 0. The van der Waals surface area contributed by atoms with Crippen LogP contribution in [0.4, 0.5) is 5.69 Å². The number of hydrogen-bond donors (Lipinski definition) is 1. The first kappa shape index (κ1) is 16.2. The zero-order chi connectivity index (χ0) is 17.2. The molecule has 122 valence electrons. The van der Waals surface area contributed by atoms with Gasteiger partial charge in [0.15, 0.2) is 9.84 Å². The van der Waals surface area contributed by atoms with E-state index in [0.717, 1.165) is 22.6 Å². The van der Waals surface area contributed by atoms with Crippen molar-refractivity contribution in [2.24, 2.45) is 0 Å². The van der Waals surface area contributed by atoms with Gasteiger partial charge in [-0.1, -0.05) is 54.6 Å². The molecule has 0 heterocycles. The molecule has 1 N–H and O–H groups in total. The molecule has 0 unspecified atom stereocenters. The van der Waals surface area contributed by atoms with Crippen LogP contribution < -0.4 is 5.32 Å². The molecule has 0 fully saturated rings. The highest BCUT2D eigenvalue weighted by Crippen LogP contribution is 2.21. The highest BCUT2D eigenvalue weighted by molar-refractivity contribution is 7.90. The van der Waals surface area contributed by atoms with Gasteiger partial charge in [-0.3, -0.25) is 4.79 Å². The maximum Gasteiger partial charge on any atom is 0.228 e. The van der Waals surface area contributed by atoms with Gasteiger partial charge in [-0.15, -0.1) is 0 Å². The van der Waals surface area contributed by atoms with Crippen LogP contribution in [0.3, 0.4) is 0 Å². The minimum Gasteiger partial charge on any atom is -0.325 e. The Bertz CT molecular complexity index is 1010. The largest absolute Gasteiger partial charge is 0.325 e. The Morgan fingerprint density at radius 1 is 0.917 bits per heavy atom. The molecule has 0 radical (unpaired) electrons. The van der Waals surface area contributed by atoms with Crippen molar-refractivity contribution < 1.29 is 13.2 Å². The lowest BCUT2D eigenvalue weighted by Crippen LogP contribution is -2.16. The van der Waals surface area contributed by atoms with E-state index in [1.165, 1.54) is 6.07 Å². The summed E-state index contributed by atoms with van der Waals surface area (Å²) in [6, 6.07) is 20.2. The van der Waals surface area contributed by atoms with Crippen LogP contribution in [0.25, 0.3) is 10.8 Å². The van der Waals surface area contributed by atoms with Gasteiger partial charge in [0.05, 0.1) is 17.0 Å². The molecule has 3 rings (SSSR count). The second-order valence-electron chi connectivity index (χ2n) is 5.67. The van der Waals surface area contributed by atoms with Crippen LogP contribution in [-0.2, 0) is 21.1 Å². The molecule has 0 saturated carbocycles. The maximum absolute atomic E-state index is 12.3. The fourth-order valence-electron chi connectivity index (χ4n) is 2.62. The third-order valence-corrected chi connectivity index (χ3v) is 4.89. The molecule has 0 aliphatic heterocycles. The van der Waals surface area contributed by atoms with Crippen LogP contribution in [0, 0.1) is 0 Å². The maximum atomic E-state index is 12.3. The van der Waals surface area contributed by atoms with Gasteiger partial charge >= 0.3 is 0 Å². The molecule has 0 saturated heterocycles. The van der Waals surface area contributed by atoms with Crippen molar-refractivity contribution in [3.05, 3.63) is 72.3 Å². The molecule has 24 heavy (non-hydrogen) atoms. The Hall–Kier alpha value is -2.66. The number of carbonyl (C=O) groups excluding carboxylic acids is 1. The van der Waals surface area contributed by atoms with Crippen LogP contribution in [0.2, 0.25) is 0 Å². The van der Waals surface area contributed by atoms with Gasteiger partial charge < -0.3 is 5.32 Å². The molecule has 0 aliphatic carbocycles. The van der Waals surface area contributed by atoms with Crippen LogP contribution >= 0.6 is 0 Å². The predicted molar refractivity (Wildman–Crippen MR) is 95.8 cm³/mol. The normalized spacial score (nSPS) is 11.4. The molecule has 4 nitrogen and oxygen atoms in total. The molecular weight excluding hydrogens is 322 g/mol. The Morgan fingerprint density at radius 3 is 2.33 bits per heavy atom. The summed E-state index contributed by atoms with van der Waals surface area (Å²) in [5.41, 5.74) is 1.19. The third-order valence-electron chi connectivity index (χ3n) is 3.74. The zero-order valence-corrected chi connectivity index (χ0v) is 14.0. The van der Waals surface area contributed by atoms with E-state index >= 15 is 0 Å². The number of fused-ring (bicyclic) bond motifs is 1. The zero-order valence-electron chi connectivity index (χ0n) is 13.2. The molecule has 0 aromatic heterocycles. The second-order valence-corrected chi connectivity index (χ2v) is 7.66. The minimum absolute atomic E-state index is 0.122. The summed E-state index contributed by atoms with van der Waals surface area (Å²) in [7, 11) is -3.40. The van der Waals surface area contributed by atoms with E-state index in [1.807, 2.05) is 42.5 Å². The van der Waals surface area contributed by atoms with E-state index in [9.17, 15) is 13.2 Å². The van der Waals surface area contributed by atoms with E-state index in [4.69, 9.17) is 0 Å². The van der Waals surface area contributed by atoms with Gasteiger partial charge in [0, 0.05) is 6.26 Å². The Balaban J connectivity index is 1.81. The number of anilines is 1. The lowest BCUT2D eigenvalue weighted by molar-refractivity contribution is -0.115. The summed E-state index contributed by atoms with van der Waals surface area (Å²) in [4.78, 5) is 12.4. The average molecular weight is 339 g/mol. The van der Waals surface area contributed by atoms with Crippen molar-refractivity contribution in [3.8, 4) is 0 Å². The standard InChI is InChI=1S/C19H17NO3S/c1-24(22,23)18-9-5-4-8-17(18)20-19(21)13-14-10-11-15-6-2-3-7-16(15)12-14/h2-12H,13H2,1H3,(H,20,21). The number of rotatable bonds is 4. The van der Waals surface area contributed by atoms with Crippen LogP contribution in [-0.4, -0.2) is 20.6 Å². The molecular formula is C19H17NO3S. The molecule has 0 bridgehead atoms. The molecule has 3 aromatic carbocycles. The van der Waals surface area contributed by atoms with Crippen molar-refractivity contribution in [2.45, 2.75) is 11.3 Å². The molecule has 3 aromatic rings. The van der Waals surface area contributed by atoms with Crippen LogP contribution in [0.1, 0.15) is 5.56 Å². The van der Waals surface area contributed by atoms with Crippen molar-refractivity contribution >= 4 is 32.2 Å². The van der Waals surface area contributed by atoms with E-state index in [-0.39, 0.29) is 17.2 Å². The predicted octanol–water partition coefficient (Wildman–Crippen LogP) is 3.42. The lowest BCUT2D eigenvalue weighted by Gasteiger charge is -2.10. The van der Waals surface area contributed by atoms with Gasteiger partial charge in [-0.05, 0) is 28.5 Å². The summed E-state index contributed by atoms with van der Waals surface area (Å²) in [5, 5.41) is 4.88. The van der Waals surface area contributed by atoms with Crippen LogP contribution in [0.15, 0.2) is 71.6 Å². The average Bonchev–Trinajstić information content (AvgIpc) is 2.54. The smallest absolute Gasteiger partial charge is 0.228 e. The van der Waals surface area contributed by atoms with Crippen molar-refractivity contribution in [2.75, 3.05) is 11.6 Å². The van der Waals surface area contributed by atoms with E-state index in [1.54, 1.807) is 18.2 Å². The molecule has 1 amide bonds. The van der Waals surface area contributed by atoms with Gasteiger partial charge in [0.1, 0.15) is 0 Å². The second kappa shape index (κ2) is 6.45. The minimum atomic E-state index is -3.40. The van der Waals surface area contributed by atoms with Crippen molar-refractivity contribution in [1.82, 2.24) is 0 Å². The van der Waals surface area contributed by atoms with Crippen LogP contribution in [0.5, 0.6) is 0 Å². The Labute approximate surface area is 141 Å². The molecule has 0 aliphatic rings. The first-order valence-corrected chi connectivity index (χ1v) is 9.39. The summed E-state index contributed by atoms with van der Waals surface area (Å²) < 4.78 is 23.6. The monoisotopic (exact) mass is 339 g/mol. The third kappa shape index (κ3) is 3.63. The highest BCUT2D eigenvalue weighted by atomic mass is 32.2. The number of nitrogens with one attached hydrogen (secondary N) is 1. The first-order chi connectivity index (χ1) is 11.4. The fourth-order valence-corrected chi connectivity index (χ4v) is 3.47. The van der Waals surface area contributed by atoms with Gasteiger partial charge in [0.25, 0.3) is 0 Å². The number of carbonyl (C=O) groups is 1. The van der Waals surface area contributed by atoms with Gasteiger partial charge in [-0.25, -0.2) is 8.42 Å². The van der Waals surface area contributed by atoms with E-state index < -0.39 is 9.84 Å². The highest BCUT2D eigenvalue weighted by Gasteiger charge is 2.14. The topological polar surface area (TPSA) is 63.2 Å². The van der Waals surface area contributed by atoms with E-state index in [2.05, 4.69) is 5.32 Å². The van der Waals surface area contributed by atoms with Crippen molar-refractivity contribution in [1.29, 1.82) is 0 Å². The molecule has 0 atom stereocenters. The summed E-state index contributed by atoms with van der Waals surface area (Å²) in [6.07, 6.45) is 1.31. The number of para-hydroxylation sites is 1. The van der Waals surface area contributed by atoms with Crippen molar-refractivity contribution in [3.63, 3.8) is 0 Å². The fraction of sp³-hybridized carbons (Fsp3) is 0.105. The number of benzene rings is 3. The molecule has 0 spiro atoms. The summed E-state index contributed by atoms with van der Waals surface area (Å²) in [5.74, 6) is -0.249. The summed E-state index contributed by atoms with van der Waals surface area (Å²) >= 11 is 0. The molecule has 5 heteroatoms. The SMILES string of the molecule is CS(=O)(=O)c1ccccc1NC(=O)Cc1ccc2ccccc2c1. The lowest BCUT2D eigenvalue weighted by atomic mass is 10.0. The van der Waals surface area contributed by atoms with E-state index in [0.29, 0.717) is 5.69 Å². The number of hydrogen-bond acceptors (Lipinski definition) is 3. The van der Waals surface area contributed by atoms with Gasteiger partial charge in [-0.2, -0.15) is 0 Å². The first-order valence-electron chi connectivity index (χ1n) is 7.50. The quantitative estimate of drug-likeness (QED) is 0.792. The Kier molecular flexibility index (Phi) is 4.36. The number of amides is 1. The van der Waals surface area contributed by atoms with Gasteiger partial charge in [0.2, 0.25) is 5.91 Å².